The summed E-state index contributed by atoms with van der Waals surface area (Å²) in [4.78, 5) is 21.9. The van der Waals surface area contributed by atoms with Gasteiger partial charge in [-0.25, -0.2) is 4.98 Å². The van der Waals surface area contributed by atoms with E-state index in [-0.39, 0.29) is 23.8 Å². The molecule has 0 aliphatic carbocycles. The lowest BCUT2D eigenvalue weighted by atomic mass is 10.2. The van der Waals surface area contributed by atoms with Gasteiger partial charge in [0.2, 0.25) is 11.8 Å². The summed E-state index contributed by atoms with van der Waals surface area (Å²) in [7, 11) is 0.487. The number of methoxy groups -OCH3 is 1. The Morgan fingerprint density at radius 2 is 1.87 bits per heavy atom. The fraction of sp³-hybridized carbons (Fsp3) is 0.227. The van der Waals surface area contributed by atoms with Gasteiger partial charge in [0, 0.05) is 47.4 Å². The Kier molecular flexibility index (Phi) is 7.69. The van der Waals surface area contributed by atoms with Crippen LogP contribution in [-0.4, -0.2) is 46.2 Å². The topological polar surface area (TPSA) is 99.6 Å². The molecule has 0 aliphatic rings. The molecule has 1 N–H and O–H groups in total. The van der Waals surface area contributed by atoms with Crippen LogP contribution in [0.3, 0.4) is 0 Å². The van der Waals surface area contributed by atoms with E-state index in [1.54, 1.807) is 62.0 Å². The number of rotatable bonds is 9. The average Bonchev–Trinajstić information content (AvgIpc) is 2.75. The molecule has 0 saturated heterocycles. The number of benzene rings is 1. The van der Waals surface area contributed by atoms with Crippen LogP contribution in [0, 0.1) is 0 Å². The Morgan fingerprint density at radius 3 is 2.52 bits per heavy atom. The van der Waals surface area contributed by atoms with E-state index in [1.807, 2.05) is 6.92 Å². The summed E-state index contributed by atoms with van der Waals surface area (Å²) in [6, 6.07) is 15.1. The van der Waals surface area contributed by atoms with Crippen LogP contribution in [0.4, 0.5) is 5.82 Å². The molecule has 2 heterocycles. The van der Waals surface area contributed by atoms with Crippen molar-refractivity contribution in [2.24, 2.45) is 0 Å². The fourth-order valence-electron chi connectivity index (χ4n) is 2.64. The SMILES string of the molecule is COCC(C)Oc1cc(C(=O)Nc2ccccn2)cc(Oc2ccc(S(C)=O)cc2)n1. The molecule has 0 aliphatic heterocycles. The molecular formula is C22H23N3O5S. The van der Waals surface area contributed by atoms with Gasteiger partial charge in [-0.3, -0.25) is 9.00 Å². The molecule has 2 aromatic heterocycles. The molecule has 0 bridgehead atoms. The van der Waals surface area contributed by atoms with Crippen LogP contribution >= 0.6 is 0 Å². The van der Waals surface area contributed by atoms with Gasteiger partial charge in [0.15, 0.2) is 0 Å². The number of hydrogen-bond donors (Lipinski definition) is 1. The molecule has 3 rings (SSSR count). The van der Waals surface area contributed by atoms with Crippen molar-refractivity contribution in [1.82, 2.24) is 9.97 Å². The number of hydrogen-bond acceptors (Lipinski definition) is 7. The van der Waals surface area contributed by atoms with Crippen molar-refractivity contribution in [2.45, 2.75) is 17.9 Å². The second kappa shape index (κ2) is 10.6. The predicted octanol–water partition coefficient (Wildman–Crippen LogP) is 3.67. The average molecular weight is 442 g/mol. The number of anilines is 1. The Balaban J connectivity index is 1.86. The summed E-state index contributed by atoms with van der Waals surface area (Å²) >= 11 is 0. The number of amides is 1. The van der Waals surface area contributed by atoms with Crippen molar-refractivity contribution >= 4 is 22.5 Å². The number of carbonyl (C=O) groups excluding carboxylic acids is 1. The van der Waals surface area contributed by atoms with Gasteiger partial charge in [-0.1, -0.05) is 6.07 Å². The maximum Gasteiger partial charge on any atom is 0.257 e. The van der Waals surface area contributed by atoms with Gasteiger partial charge < -0.3 is 19.5 Å². The van der Waals surface area contributed by atoms with Crippen molar-refractivity contribution in [3.8, 4) is 17.5 Å². The lowest BCUT2D eigenvalue weighted by Gasteiger charge is -2.15. The Morgan fingerprint density at radius 1 is 1.13 bits per heavy atom. The van der Waals surface area contributed by atoms with E-state index in [0.717, 1.165) is 0 Å². The minimum atomic E-state index is -1.09. The number of carbonyl (C=O) groups is 1. The zero-order valence-corrected chi connectivity index (χ0v) is 18.2. The number of nitrogens with zero attached hydrogens (tertiary/aromatic N) is 2. The van der Waals surface area contributed by atoms with E-state index in [0.29, 0.717) is 28.6 Å². The van der Waals surface area contributed by atoms with Crippen LogP contribution in [0.5, 0.6) is 17.5 Å². The zero-order chi connectivity index (χ0) is 22.2. The van der Waals surface area contributed by atoms with Crippen molar-refractivity contribution in [2.75, 3.05) is 25.3 Å². The van der Waals surface area contributed by atoms with Crippen molar-refractivity contribution in [1.29, 1.82) is 0 Å². The smallest absolute Gasteiger partial charge is 0.257 e. The molecule has 31 heavy (non-hydrogen) atoms. The van der Waals surface area contributed by atoms with Gasteiger partial charge in [0.25, 0.3) is 5.91 Å². The van der Waals surface area contributed by atoms with E-state index in [4.69, 9.17) is 14.2 Å². The van der Waals surface area contributed by atoms with Crippen LogP contribution < -0.4 is 14.8 Å². The van der Waals surface area contributed by atoms with Crippen molar-refractivity contribution in [3.63, 3.8) is 0 Å². The quantitative estimate of drug-likeness (QED) is 0.541. The highest BCUT2D eigenvalue weighted by atomic mass is 32.2. The first-order valence-electron chi connectivity index (χ1n) is 9.46. The summed E-state index contributed by atoms with van der Waals surface area (Å²) in [5.41, 5.74) is 0.293. The van der Waals surface area contributed by atoms with E-state index in [9.17, 15) is 9.00 Å². The zero-order valence-electron chi connectivity index (χ0n) is 17.4. The van der Waals surface area contributed by atoms with Crippen LogP contribution in [0.1, 0.15) is 17.3 Å². The normalized spacial score (nSPS) is 12.6. The van der Waals surface area contributed by atoms with Crippen LogP contribution in [0.25, 0.3) is 0 Å². The highest BCUT2D eigenvalue weighted by molar-refractivity contribution is 7.84. The lowest BCUT2D eigenvalue weighted by Crippen LogP contribution is -2.19. The van der Waals surface area contributed by atoms with E-state index >= 15 is 0 Å². The molecule has 3 aromatic rings. The first kappa shape index (κ1) is 22.4. The fourth-order valence-corrected chi connectivity index (χ4v) is 3.16. The lowest BCUT2D eigenvalue weighted by molar-refractivity contribution is 0.0882. The van der Waals surface area contributed by atoms with Gasteiger partial charge >= 0.3 is 0 Å². The van der Waals surface area contributed by atoms with Gasteiger partial charge in [-0.05, 0) is 43.3 Å². The summed E-state index contributed by atoms with van der Waals surface area (Å²) in [5.74, 6) is 0.926. The van der Waals surface area contributed by atoms with Gasteiger partial charge in [-0.2, -0.15) is 4.98 Å². The standard InChI is InChI=1S/C22H23N3O5S/c1-15(14-28-2)29-20-12-16(22(26)24-19-6-4-5-11-23-19)13-21(25-20)30-17-7-9-18(10-8-17)31(3)27/h4-13,15H,14H2,1-3H3,(H,23,24,26). The largest absolute Gasteiger partial charge is 0.472 e. The maximum atomic E-state index is 12.8. The van der Waals surface area contributed by atoms with Gasteiger partial charge in [0.05, 0.1) is 12.2 Å². The molecule has 0 fully saturated rings. The molecule has 2 unspecified atom stereocenters. The predicted molar refractivity (Wildman–Crippen MR) is 117 cm³/mol. The molecule has 0 radical (unpaired) electrons. The third-order valence-corrected chi connectivity index (χ3v) is 4.98. The van der Waals surface area contributed by atoms with Crippen LogP contribution in [0.15, 0.2) is 65.7 Å². The first-order valence-corrected chi connectivity index (χ1v) is 11.0. The molecular weight excluding hydrogens is 418 g/mol. The summed E-state index contributed by atoms with van der Waals surface area (Å²) < 4.78 is 28.3. The van der Waals surface area contributed by atoms with E-state index in [2.05, 4.69) is 15.3 Å². The molecule has 0 saturated carbocycles. The molecule has 0 spiro atoms. The number of ether oxygens (including phenoxy) is 3. The summed E-state index contributed by atoms with van der Waals surface area (Å²) in [6.07, 6.45) is 2.91. The highest BCUT2D eigenvalue weighted by Crippen LogP contribution is 2.25. The summed E-state index contributed by atoms with van der Waals surface area (Å²) in [5, 5.41) is 2.73. The third-order valence-electron chi connectivity index (χ3n) is 4.05. The molecule has 9 heteroatoms. The number of pyridine rings is 2. The second-order valence-electron chi connectivity index (χ2n) is 6.61. The number of aromatic nitrogens is 2. The Labute approximate surface area is 183 Å². The minimum Gasteiger partial charge on any atom is -0.472 e. The molecule has 162 valence electrons. The van der Waals surface area contributed by atoms with Crippen LogP contribution in [0.2, 0.25) is 0 Å². The second-order valence-corrected chi connectivity index (χ2v) is 7.99. The van der Waals surface area contributed by atoms with E-state index < -0.39 is 10.8 Å². The van der Waals surface area contributed by atoms with Crippen molar-refractivity contribution in [3.05, 3.63) is 66.4 Å². The monoisotopic (exact) mass is 441 g/mol. The number of nitrogens with one attached hydrogen (secondary N) is 1. The summed E-state index contributed by atoms with van der Waals surface area (Å²) in [6.45, 7) is 2.19. The maximum absolute atomic E-state index is 12.8. The third kappa shape index (κ3) is 6.59. The molecule has 1 amide bonds. The van der Waals surface area contributed by atoms with Gasteiger partial charge in [0.1, 0.15) is 17.7 Å². The van der Waals surface area contributed by atoms with Gasteiger partial charge in [-0.15, -0.1) is 0 Å². The van der Waals surface area contributed by atoms with Crippen molar-refractivity contribution < 1.29 is 23.2 Å². The minimum absolute atomic E-state index is 0.179. The first-order chi connectivity index (χ1) is 14.9. The molecule has 8 nitrogen and oxygen atoms in total. The van der Waals surface area contributed by atoms with E-state index in [1.165, 1.54) is 12.1 Å². The molecule has 2 atom stereocenters. The molecule has 1 aromatic carbocycles. The highest BCUT2D eigenvalue weighted by Gasteiger charge is 2.15. The Bertz CT molecular complexity index is 1040. The van der Waals surface area contributed by atoms with Crippen LogP contribution in [-0.2, 0) is 15.5 Å². The Hall–Kier alpha value is -3.30.